The van der Waals surface area contributed by atoms with E-state index < -0.39 is 0 Å². The second-order valence-corrected chi connectivity index (χ2v) is 6.80. The molecule has 2 aromatic carbocycles. The van der Waals surface area contributed by atoms with Crippen LogP contribution in [-0.2, 0) is 13.2 Å². The molecule has 0 fully saturated rings. The Hall–Kier alpha value is -3.58. The van der Waals surface area contributed by atoms with Gasteiger partial charge in [0.2, 0.25) is 0 Å². The monoisotopic (exact) mass is 404 g/mol. The van der Waals surface area contributed by atoms with Gasteiger partial charge < -0.3 is 10.1 Å². The number of aromatic nitrogens is 3. The third-order valence-corrected chi connectivity index (χ3v) is 4.63. The van der Waals surface area contributed by atoms with E-state index in [1.807, 2.05) is 25.1 Å². The molecule has 0 atom stereocenters. The lowest BCUT2D eigenvalue weighted by atomic mass is 10.2. The topological polar surface area (TPSA) is 69.0 Å². The summed E-state index contributed by atoms with van der Waals surface area (Å²) in [6.07, 6.45) is 3.44. The molecule has 0 aliphatic heterocycles. The van der Waals surface area contributed by atoms with Crippen molar-refractivity contribution in [2.75, 3.05) is 6.54 Å². The van der Waals surface area contributed by atoms with E-state index in [1.165, 1.54) is 22.8 Å². The summed E-state index contributed by atoms with van der Waals surface area (Å²) in [6, 6.07) is 14.8. The standard InChI is InChI=1S/C23H21FN4O2/c1-2-25-14-22-26-13-17-11-19(7-8-21(17)27-22)28-10-9-20(12-23(28)29)30-15-16-3-5-18(24)6-4-16/h3-13,25H,2,14-15H2,1H3. The van der Waals surface area contributed by atoms with Crippen molar-refractivity contribution in [1.82, 2.24) is 19.9 Å². The molecule has 0 amide bonds. The Kier molecular flexibility index (Phi) is 5.81. The fraction of sp³-hybridized carbons (Fsp3) is 0.174. The third-order valence-electron chi connectivity index (χ3n) is 4.63. The van der Waals surface area contributed by atoms with Gasteiger partial charge in [-0.1, -0.05) is 19.1 Å². The van der Waals surface area contributed by atoms with Crippen LogP contribution >= 0.6 is 0 Å². The zero-order valence-corrected chi connectivity index (χ0v) is 16.5. The van der Waals surface area contributed by atoms with E-state index in [0.29, 0.717) is 12.3 Å². The van der Waals surface area contributed by atoms with E-state index in [2.05, 4.69) is 15.3 Å². The minimum Gasteiger partial charge on any atom is -0.489 e. The van der Waals surface area contributed by atoms with Crippen molar-refractivity contribution >= 4 is 10.9 Å². The summed E-state index contributed by atoms with van der Waals surface area (Å²) in [5.74, 6) is 0.894. The number of nitrogens with one attached hydrogen (secondary N) is 1. The lowest BCUT2D eigenvalue weighted by Crippen LogP contribution is -2.17. The van der Waals surface area contributed by atoms with Crippen molar-refractivity contribution in [3.63, 3.8) is 0 Å². The van der Waals surface area contributed by atoms with Gasteiger partial charge in [0.25, 0.3) is 5.56 Å². The van der Waals surface area contributed by atoms with E-state index >= 15 is 0 Å². The maximum atomic E-state index is 13.0. The van der Waals surface area contributed by atoms with Crippen LogP contribution in [0.15, 0.2) is 71.8 Å². The molecule has 0 radical (unpaired) electrons. The number of nitrogens with zero attached hydrogens (tertiary/aromatic N) is 3. The van der Waals surface area contributed by atoms with Crippen LogP contribution in [0.1, 0.15) is 18.3 Å². The van der Waals surface area contributed by atoms with Crippen LogP contribution in [0.25, 0.3) is 16.6 Å². The minimum absolute atomic E-state index is 0.212. The molecule has 0 saturated carbocycles. The zero-order chi connectivity index (χ0) is 20.9. The van der Waals surface area contributed by atoms with Gasteiger partial charge in [-0.2, -0.15) is 0 Å². The van der Waals surface area contributed by atoms with Crippen molar-refractivity contribution in [3.05, 3.63) is 94.5 Å². The average molecular weight is 404 g/mol. The summed E-state index contributed by atoms with van der Waals surface area (Å²) in [5, 5.41) is 4.06. The second-order valence-electron chi connectivity index (χ2n) is 6.80. The first-order valence-electron chi connectivity index (χ1n) is 9.69. The van der Waals surface area contributed by atoms with Crippen molar-refractivity contribution < 1.29 is 9.13 Å². The number of rotatable bonds is 7. The first-order valence-corrected chi connectivity index (χ1v) is 9.69. The molecule has 0 spiro atoms. The highest BCUT2D eigenvalue weighted by atomic mass is 19.1. The Morgan fingerprint density at radius 2 is 1.93 bits per heavy atom. The fourth-order valence-electron chi connectivity index (χ4n) is 3.04. The summed E-state index contributed by atoms with van der Waals surface area (Å²) >= 11 is 0. The maximum absolute atomic E-state index is 13.0. The summed E-state index contributed by atoms with van der Waals surface area (Å²) in [4.78, 5) is 21.5. The molecule has 2 heterocycles. The molecule has 0 aliphatic rings. The fourth-order valence-corrected chi connectivity index (χ4v) is 3.04. The van der Waals surface area contributed by atoms with E-state index in [9.17, 15) is 9.18 Å². The van der Waals surface area contributed by atoms with Crippen molar-refractivity contribution in [1.29, 1.82) is 0 Å². The number of fused-ring (bicyclic) bond motifs is 1. The van der Waals surface area contributed by atoms with Gasteiger partial charge in [-0.3, -0.25) is 9.36 Å². The summed E-state index contributed by atoms with van der Waals surface area (Å²) in [6.45, 7) is 3.76. The normalized spacial score (nSPS) is 11.0. The van der Waals surface area contributed by atoms with E-state index in [-0.39, 0.29) is 18.0 Å². The predicted molar refractivity (Wildman–Crippen MR) is 113 cm³/mol. The molecule has 0 bridgehead atoms. The van der Waals surface area contributed by atoms with Gasteiger partial charge >= 0.3 is 0 Å². The molecular weight excluding hydrogens is 383 g/mol. The predicted octanol–water partition coefficient (Wildman–Crippen LogP) is 3.61. The highest BCUT2D eigenvalue weighted by molar-refractivity contribution is 5.80. The molecular formula is C23H21FN4O2. The van der Waals surface area contributed by atoms with E-state index in [0.717, 1.165) is 34.5 Å². The van der Waals surface area contributed by atoms with Gasteiger partial charge in [0.15, 0.2) is 0 Å². The number of benzene rings is 2. The number of ether oxygens (including phenoxy) is 1. The van der Waals surface area contributed by atoms with Crippen LogP contribution in [0.3, 0.4) is 0 Å². The SMILES string of the molecule is CCNCc1ncc2cc(-n3ccc(OCc4ccc(F)cc4)cc3=O)ccc2n1. The quantitative estimate of drug-likeness (QED) is 0.510. The van der Waals surface area contributed by atoms with Gasteiger partial charge in [0.1, 0.15) is 24.0 Å². The molecule has 6 nitrogen and oxygen atoms in total. The Bertz CT molecular complexity index is 1220. The number of hydrogen-bond donors (Lipinski definition) is 1. The van der Waals surface area contributed by atoms with Crippen molar-refractivity contribution in [2.45, 2.75) is 20.1 Å². The van der Waals surface area contributed by atoms with Crippen LogP contribution < -0.4 is 15.6 Å². The van der Waals surface area contributed by atoms with Crippen LogP contribution in [0.4, 0.5) is 4.39 Å². The van der Waals surface area contributed by atoms with Gasteiger partial charge in [-0.05, 0) is 48.5 Å². The molecule has 7 heteroatoms. The second kappa shape index (κ2) is 8.84. The highest BCUT2D eigenvalue weighted by Gasteiger charge is 2.06. The van der Waals surface area contributed by atoms with Crippen molar-refractivity contribution in [2.24, 2.45) is 0 Å². The Morgan fingerprint density at radius 1 is 1.10 bits per heavy atom. The molecule has 0 unspecified atom stereocenters. The molecule has 4 aromatic rings. The van der Waals surface area contributed by atoms with E-state index in [4.69, 9.17) is 4.74 Å². The average Bonchev–Trinajstić information content (AvgIpc) is 2.77. The first-order chi connectivity index (χ1) is 14.6. The third kappa shape index (κ3) is 4.52. The van der Waals surface area contributed by atoms with Gasteiger partial charge in [0, 0.05) is 29.5 Å². The summed E-state index contributed by atoms with van der Waals surface area (Å²) in [7, 11) is 0. The highest BCUT2D eigenvalue weighted by Crippen LogP contribution is 2.17. The Labute approximate surface area is 173 Å². The van der Waals surface area contributed by atoms with Gasteiger partial charge in [-0.15, -0.1) is 0 Å². The number of halogens is 1. The van der Waals surface area contributed by atoms with Crippen LogP contribution in [0, 0.1) is 5.82 Å². The van der Waals surface area contributed by atoms with Gasteiger partial charge in [-0.25, -0.2) is 14.4 Å². The Balaban J connectivity index is 1.52. The van der Waals surface area contributed by atoms with Crippen LogP contribution in [-0.4, -0.2) is 21.1 Å². The maximum Gasteiger partial charge on any atom is 0.258 e. The van der Waals surface area contributed by atoms with Crippen LogP contribution in [0.2, 0.25) is 0 Å². The lowest BCUT2D eigenvalue weighted by molar-refractivity contribution is 0.305. The smallest absolute Gasteiger partial charge is 0.258 e. The largest absolute Gasteiger partial charge is 0.489 e. The molecule has 0 saturated heterocycles. The van der Waals surface area contributed by atoms with Crippen LogP contribution in [0.5, 0.6) is 5.75 Å². The number of pyridine rings is 1. The molecule has 152 valence electrons. The number of hydrogen-bond acceptors (Lipinski definition) is 5. The first kappa shape index (κ1) is 19.7. The molecule has 4 rings (SSSR count). The zero-order valence-electron chi connectivity index (χ0n) is 16.5. The van der Waals surface area contributed by atoms with Gasteiger partial charge in [0.05, 0.1) is 12.1 Å². The van der Waals surface area contributed by atoms with E-state index in [1.54, 1.807) is 30.6 Å². The molecule has 0 aliphatic carbocycles. The summed E-state index contributed by atoms with van der Waals surface area (Å²) in [5.41, 5.74) is 2.16. The van der Waals surface area contributed by atoms with Crippen molar-refractivity contribution in [3.8, 4) is 11.4 Å². The molecule has 1 N–H and O–H groups in total. The molecule has 30 heavy (non-hydrogen) atoms. The lowest BCUT2D eigenvalue weighted by Gasteiger charge is -2.10. The minimum atomic E-state index is -0.295. The molecule has 2 aromatic heterocycles. The Morgan fingerprint density at radius 3 is 2.70 bits per heavy atom. The summed E-state index contributed by atoms with van der Waals surface area (Å²) < 4.78 is 20.2.